The Morgan fingerprint density at radius 2 is 2.27 bits per heavy atom. The highest BCUT2D eigenvalue weighted by Gasteiger charge is 2.32. The molecular formula is C20H23N3OS2. The first-order valence-electron chi connectivity index (χ1n) is 8.77. The van der Waals surface area contributed by atoms with Crippen molar-refractivity contribution in [2.45, 2.75) is 45.1 Å². The lowest BCUT2D eigenvalue weighted by molar-refractivity contribution is -0.113. The lowest BCUT2D eigenvalue weighted by atomic mass is 9.72. The van der Waals surface area contributed by atoms with Crippen LogP contribution in [0.5, 0.6) is 0 Å². The van der Waals surface area contributed by atoms with Crippen molar-refractivity contribution in [1.29, 1.82) is 5.26 Å². The van der Waals surface area contributed by atoms with Crippen molar-refractivity contribution in [3.05, 3.63) is 40.4 Å². The van der Waals surface area contributed by atoms with Crippen molar-refractivity contribution in [2.24, 2.45) is 11.3 Å². The van der Waals surface area contributed by atoms with Crippen LogP contribution in [0.4, 0.5) is 5.00 Å². The zero-order valence-electron chi connectivity index (χ0n) is 15.3. The van der Waals surface area contributed by atoms with Gasteiger partial charge in [-0.3, -0.25) is 4.79 Å². The van der Waals surface area contributed by atoms with Gasteiger partial charge in [0.1, 0.15) is 11.1 Å². The number of hydrogen-bond donors (Lipinski definition) is 1. The van der Waals surface area contributed by atoms with Crippen LogP contribution in [0.2, 0.25) is 0 Å². The second kappa shape index (κ2) is 7.81. The van der Waals surface area contributed by atoms with Crippen molar-refractivity contribution in [3.63, 3.8) is 0 Å². The van der Waals surface area contributed by atoms with Crippen LogP contribution in [0, 0.1) is 22.7 Å². The molecule has 1 N–H and O–H groups in total. The molecule has 2 aromatic rings. The predicted octanol–water partition coefficient (Wildman–Crippen LogP) is 4.90. The monoisotopic (exact) mass is 385 g/mol. The highest BCUT2D eigenvalue weighted by atomic mass is 32.2. The lowest BCUT2D eigenvalue weighted by Crippen LogP contribution is -2.26. The molecule has 1 aliphatic carbocycles. The zero-order valence-corrected chi connectivity index (χ0v) is 17.0. The van der Waals surface area contributed by atoms with Gasteiger partial charge in [-0.25, -0.2) is 4.98 Å². The minimum Gasteiger partial charge on any atom is -0.316 e. The predicted molar refractivity (Wildman–Crippen MR) is 108 cm³/mol. The van der Waals surface area contributed by atoms with Crippen LogP contribution in [-0.2, 0) is 17.6 Å². The maximum atomic E-state index is 12.3. The molecule has 2 aromatic heterocycles. The number of rotatable bonds is 4. The SMILES string of the molecule is CC(C)(C)C1CCc2c(sc(NC(=O)CSc3ccccn3)c2C#N)C1. The van der Waals surface area contributed by atoms with Crippen molar-refractivity contribution >= 4 is 34.0 Å². The first-order valence-corrected chi connectivity index (χ1v) is 10.6. The Hall–Kier alpha value is -1.84. The Kier molecular flexibility index (Phi) is 5.69. The van der Waals surface area contributed by atoms with Gasteiger partial charge in [-0.2, -0.15) is 5.26 Å². The molecule has 0 aliphatic heterocycles. The molecule has 6 heteroatoms. The van der Waals surface area contributed by atoms with E-state index >= 15 is 0 Å². The van der Waals surface area contributed by atoms with E-state index in [9.17, 15) is 10.1 Å². The number of fused-ring (bicyclic) bond motifs is 1. The van der Waals surface area contributed by atoms with Gasteiger partial charge >= 0.3 is 0 Å². The first-order chi connectivity index (χ1) is 12.4. The largest absolute Gasteiger partial charge is 0.316 e. The number of thioether (sulfide) groups is 1. The number of nitrogens with zero attached hydrogens (tertiary/aromatic N) is 2. The quantitative estimate of drug-likeness (QED) is 0.761. The maximum Gasteiger partial charge on any atom is 0.235 e. The van der Waals surface area contributed by atoms with Gasteiger partial charge in [0, 0.05) is 11.1 Å². The minimum atomic E-state index is -0.0943. The number of pyridine rings is 1. The zero-order chi connectivity index (χ0) is 18.7. The molecule has 2 heterocycles. The van der Waals surface area contributed by atoms with E-state index in [2.05, 4.69) is 37.1 Å². The summed E-state index contributed by atoms with van der Waals surface area (Å²) in [5.41, 5.74) is 2.07. The summed E-state index contributed by atoms with van der Waals surface area (Å²) in [6, 6.07) is 7.95. The molecule has 0 fully saturated rings. The number of hydrogen-bond acceptors (Lipinski definition) is 5. The summed E-state index contributed by atoms with van der Waals surface area (Å²) in [5, 5.41) is 14.1. The van der Waals surface area contributed by atoms with E-state index < -0.39 is 0 Å². The Bertz CT molecular complexity index is 831. The number of aromatic nitrogens is 1. The number of nitriles is 1. The average molecular weight is 386 g/mol. The molecule has 0 spiro atoms. The van der Waals surface area contributed by atoms with E-state index in [0.29, 0.717) is 16.5 Å². The smallest absolute Gasteiger partial charge is 0.235 e. The van der Waals surface area contributed by atoms with Crippen LogP contribution >= 0.6 is 23.1 Å². The second-order valence-electron chi connectivity index (χ2n) is 7.63. The maximum absolute atomic E-state index is 12.3. The number of carbonyl (C=O) groups is 1. The van der Waals surface area contributed by atoms with E-state index in [-0.39, 0.29) is 17.1 Å². The summed E-state index contributed by atoms with van der Waals surface area (Å²) in [4.78, 5) is 17.8. The van der Waals surface area contributed by atoms with Crippen LogP contribution in [-0.4, -0.2) is 16.6 Å². The van der Waals surface area contributed by atoms with E-state index in [4.69, 9.17) is 0 Å². The highest BCUT2D eigenvalue weighted by Crippen LogP contribution is 2.44. The van der Waals surface area contributed by atoms with Crippen LogP contribution < -0.4 is 5.32 Å². The lowest BCUT2D eigenvalue weighted by Gasteiger charge is -2.33. The van der Waals surface area contributed by atoms with Crippen LogP contribution in [0.15, 0.2) is 29.4 Å². The normalized spacial score (nSPS) is 16.6. The van der Waals surface area contributed by atoms with Crippen molar-refractivity contribution < 1.29 is 4.79 Å². The Labute approximate surface area is 163 Å². The number of thiophene rings is 1. The third kappa shape index (κ3) is 4.28. The van der Waals surface area contributed by atoms with Crippen LogP contribution in [0.25, 0.3) is 0 Å². The third-order valence-electron chi connectivity index (χ3n) is 4.84. The fourth-order valence-corrected chi connectivity index (χ4v) is 5.22. The van der Waals surface area contributed by atoms with E-state index in [0.717, 1.165) is 29.9 Å². The van der Waals surface area contributed by atoms with Gasteiger partial charge in [-0.1, -0.05) is 38.6 Å². The molecule has 4 nitrogen and oxygen atoms in total. The number of carbonyl (C=O) groups excluding carboxylic acids is 1. The van der Waals surface area contributed by atoms with Gasteiger partial charge in [-0.15, -0.1) is 11.3 Å². The molecule has 1 amide bonds. The van der Waals surface area contributed by atoms with E-state index in [1.807, 2.05) is 18.2 Å². The molecule has 136 valence electrons. The molecule has 0 bridgehead atoms. The summed E-state index contributed by atoms with van der Waals surface area (Å²) in [6.07, 6.45) is 4.74. The van der Waals surface area contributed by atoms with Gasteiger partial charge in [0.2, 0.25) is 5.91 Å². The molecule has 1 unspecified atom stereocenters. The molecular weight excluding hydrogens is 362 g/mol. The molecule has 0 aromatic carbocycles. The molecule has 0 saturated heterocycles. The van der Waals surface area contributed by atoms with Gasteiger partial charge in [0.25, 0.3) is 0 Å². The van der Waals surface area contributed by atoms with Gasteiger partial charge in [0.05, 0.1) is 16.3 Å². The summed E-state index contributed by atoms with van der Waals surface area (Å²) >= 11 is 2.98. The molecule has 0 radical (unpaired) electrons. The second-order valence-corrected chi connectivity index (χ2v) is 9.73. The molecule has 26 heavy (non-hydrogen) atoms. The summed E-state index contributed by atoms with van der Waals surface area (Å²) in [6.45, 7) is 6.83. The van der Waals surface area contributed by atoms with Crippen LogP contribution in [0.1, 0.15) is 43.2 Å². The van der Waals surface area contributed by atoms with Gasteiger partial charge in [0.15, 0.2) is 0 Å². The Balaban J connectivity index is 1.70. The number of nitrogens with one attached hydrogen (secondary N) is 1. The molecule has 0 saturated carbocycles. The van der Waals surface area contributed by atoms with Crippen LogP contribution in [0.3, 0.4) is 0 Å². The standard InChI is InChI=1S/C20H23N3OS2/c1-20(2,3)13-7-8-14-15(11-21)19(26-16(14)10-13)23-17(24)12-25-18-6-4-5-9-22-18/h4-6,9,13H,7-8,10,12H2,1-3H3,(H,23,24). The van der Waals surface area contributed by atoms with Crippen molar-refractivity contribution in [3.8, 4) is 6.07 Å². The fourth-order valence-electron chi connectivity index (χ4n) is 3.27. The topological polar surface area (TPSA) is 65.8 Å². The molecule has 1 aliphatic rings. The highest BCUT2D eigenvalue weighted by molar-refractivity contribution is 7.99. The van der Waals surface area contributed by atoms with Crippen molar-refractivity contribution in [2.75, 3.05) is 11.1 Å². The average Bonchev–Trinajstić information content (AvgIpc) is 2.96. The number of amides is 1. The van der Waals surface area contributed by atoms with Gasteiger partial charge < -0.3 is 5.32 Å². The van der Waals surface area contributed by atoms with E-state index in [1.54, 1.807) is 17.5 Å². The van der Waals surface area contributed by atoms with E-state index in [1.165, 1.54) is 16.6 Å². The summed E-state index contributed by atoms with van der Waals surface area (Å²) in [5.74, 6) is 0.807. The number of anilines is 1. The summed E-state index contributed by atoms with van der Waals surface area (Å²) < 4.78 is 0. The Morgan fingerprint density at radius 3 is 2.92 bits per heavy atom. The first kappa shape index (κ1) is 18.9. The summed E-state index contributed by atoms with van der Waals surface area (Å²) in [7, 11) is 0. The van der Waals surface area contributed by atoms with Gasteiger partial charge in [-0.05, 0) is 48.3 Å². The minimum absolute atomic E-state index is 0.0943. The Morgan fingerprint density at radius 1 is 1.46 bits per heavy atom. The third-order valence-corrected chi connectivity index (χ3v) is 6.96. The molecule has 3 rings (SSSR count). The molecule has 1 atom stereocenters. The van der Waals surface area contributed by atoms with Crippen molar-refractivity contribution in [1.82, 2.24) is 4.98 Å². The fraction of sp³-hybridized carbons (Fsp3) is 0.450.